The van der Waals surface area contributed by atoms with Crippen molar-refractivity contribution in [1.82, 2.24) is 14.9 Å². The first-order chi connectivity index (χ1) is 11.8. The van der Waals surface area contributed by atoms with Crippen LogP contribution in [0.1, 0.15) is 33.6 Å². The molecule has 7 heteroatoms. The van der Waals surface area contributed by atoms with Crippen molar-refractivity contribution in [2.24, 2.45) is 0 Å². The van der Waals surface area contributed by atoms with Crippen LogP contribution in [0.4, 0.5) is 4.79 Å². The van der Waals surface area contributed by atoms with Crippen molar-refractivity contribution in [2.45, 2.75) is 45.3 Å². The Balaban J connectivity index is 1.61. The van der Waals surface area contributed by atoms with Gasteiger partial charge in [0.15, 0.2) is 5.15 Å². The largest absolute Gasteiger partial charge is 0.472 e. The summed E-state index contributed by atoms with van der Waals surface area (Å²) in [5.41, 5.74) is 0.992. The molecule has 0 unspecified atom stereocenters. The van der Waals surface area contributed by atoms with Crippen molar-refractivity contribution in [3.8, 4) is 5.88 Å². The number of nitrogens with zero attached hydrogens (tertiary/aromatic N) is 3. The third-order valence-corrected chi connectivity index (χ3v) is 4.12. The maximum absolute atomic E-state index is 12.1. The molecule has 0 saturated carbocycles. The van der Waals surface area contributed by atoms with Crippen LogP contribution in [-0.2, 0) is 4.74 Å². The van der Waals surface area contributed by atoms with Crippen LogP contribution >= 0.6 is 11.6 Å². The number of likely N-dealkylation sites (tertiary alicyclic amines) is 1. The number of fused-ring (bicyclic) bond motifs is 1. The zero-order valence-electron chi connectivity index (χ0n) is 14.7. The van der Waals surface area contributed by atoms with Gasteiger partial charge in [-0.1, -0.05) is 23.7 Å². The SMILES string of the molecule is CC(C)(C)OC(=O)N1CCC(Oc2nc3ccccc3nc2Cl)CC1. The molecule has 2 aromatic rings. The molecule has 0 bridgehead atoms. The highest BCUT2D eigenvalue weighted by Crippen LogP contribution is 2.26. The highest BCUT2D eigenvalue weighted by Gasteiger charge is 2.28. The molecule has 3 rings (SSSR count). The molecule has 0 aliphatic carbocycles. The van der Waals surface area contributed by atoms with Gasteiger partial charge < -0.3 is 14.4 Å². The summed E-state index contributed by atoms with van der Waals surface area (Å²) in [5.74, 6) is 0.344. The molecule has 0 atom stereocenters. The Bertz CT molecular complexity index is 768. The Morgan fingerprint density at radius 1 is 1.16 bits per heavy atom. The number of benzene rings is 1. The molecule has 0 radical (unpaired) electrons. The fourth-order valence-corrected chi connectivity index (χ4v) is 2.86. The number of ether oxygens (including phenoxy) is 2. The predicted molar refractivity (Wildman–Crippen MR) is 96.0 cm³/mol. The van der Waals surface area contributed by atoms with Gasteiger partial charge in [-0.05, 0) is 32.9 Å². The Hall–Kier alpha value is -2.08. The van der Waals surface area contributed by atoms with Gasteiger partial charge in [-0.25, -0.2) is 14.8 Å². The number of piperidine rings is 1. The predicted octanol–water partition coefficient (Wildman–Crippen LogP) is 4.06. The highest BCUT2D eigenvalue weighted by molar-refractivity contribution is 6.31. The number of aromatic nitrogens is 2. The average molecular weight is 364 g/mol. The first-order valence-electron chi connectivity index (χ1n) is 8.39. The second-order valence-electron chi connectivity index (χ2n) is 7.09. The van der Waals surface area contributed by atoms with Gasteiger partial charge in [0.1, 0.15) is 11.7 Å². The van der Waals surface area contributed by atoms with E-state index in [4.69, 9.17) is 21.1 Å². The third kappa shape index (κ3) is 4.51. The fourth-order valence-electron chi connectivity index (χ4n) is 2.68. The van der Waals surface area contributed by atoms with Gasteiger partial charge in [0.05, 0.1) is 11.0 Å². The van der Waals surface area contributed by atoms with E-state index in [1.54, 1.807) is 4.90 Å². The Morgan fingerprint density at radius 2 is 1.76 bits per heavy atom. The van der Waals surface area contributed by atoms with Gasteiger partial charge in [0.25, 0.3) is 5.88 Å². The standard InChI is InChI=1S/C18H22ClN3O3/c1-18(2,3)25-17(23)22-10-8-12(9-11-22)24-16-15(19)20-13-6-4-5-7-14(13)21-16/h4-7,12H,8-11H2,1-3H3. The molecule has 1 amide bonds. The van der Waals surface area contributed by atoms with E-state index in [9.17, 15) is 4.79 Å². The maximum atomic E-state index is 12.1. The molecule has 1 fully saturated rings. The average Bonchev–Trinajstić information content (AvgIpc) is 2.54. The van der Waals surface area contributed by atoms with Crippen LogP contribution < -0.4 is 4.74 Å². The fraction of sp³-hybridized carbons (Fsp3) is 0.500. The lowest BCUT2D eigenvalue weighted by atomic mass is 10.1. The summed E-state index contributed by atoms with van der Waals surface area (Å²) in [6.07, 6.45) is 1.06. The summed E-state index contributed by atoms with van der Waals surface area (Å²) in [4.78, 5) is 22.6. The minimum Gasteiger partial charge on any atom is -0.472 e. The van der Waals surface area contributed by atoms with Crippen LogP contribution in [0.25, 0.3) is 11.0 Å². The van der Waals surface area contributed by atoms with Gasteiger partial charge in [-0.15, -0.1) is 0 Å². The zero-order valence-corrected chi connectivity index (χ0v) is 15.4. The van der Waals surface area contributed by atoms with E-state index in [1.807, 2.05) is 45.0 Å². The van der Waals surface area contributed by atoms with Crippen molar-refractivity contribution in [1.29, 1.82) is 0 Å². The lowest BCUT2D eigenvalue weighted by Crippen LogP contribution is -2.44. The van der Waals surface area contributed by atoms with Gasteiger partial charge >= 0.3 is 6.09 Å². The summed E-state index contributed by atoms with van der Waals surface area (Å²) < 4.78 is 11.3. The molecule has 1 aliphatic heterocycles. The van der Waals surface area contributed by atoms with Gasteiger partial charge in [-0.2, -0.15) is 0 Å². The number of rotatable bonds is 2. The Kier molecular flexibility index (Phi) is 4.99. The smallest absolute Gasteiger partial charge is 0.410 e. The third-order valence-electron chi connectivity index (χ3n) is 3.87. The van der Waals surface area contributed by atoms with E-state index in [1.165, 1.54) is 0 Å². The minimum atomic E-state index is -0.487. The highest BCUT2D eigenvalue weighted by atomic mass is 35.5. The molecule has 25 heavy (non-hydrogen) atoms. The number of halogens is 1. The normalized spacial score (nSPS) is 16.1. The van der Waals surface area contributed by atoms with E-state index in [0.717, 1.165) is 11.0 Å². The molecular weight excluding hydrogens is 342 g/mol. The van der Waals surface area contributed by atoms with Crippen LogP contribution in [0.5, 0.6) is 5.88 Å². The number of amides is 1. The van der Waals surface area contributed by atoms with Crippen LogP contribution in [0, 0.1) is 0 Å². The van der Waals surface area contributed by atoms with E-state index in [-0.39, 0.29) is 17.4 Å². The van der Waals surface area contributed by atoms with E-state index < -0.39 is 5.60 Å². The Labute approximate surface area is 152 Å². The summed E-state index contributed by atoms with van der Waals surface area (Å²) in [6, 6.07) is 7.52. The first kappa shape index (κ1) is 17.7. The number of para-hydroxylation sites is 2. The van der Waals surface area contributed by atoms with Crippen molar-refractivity contribution in [3.63, 3.8) is 0 Å². The molecule has 0 N–H and O–H groups in total. The molecule has 134 valence electrons. The summed E-state index contributed by atoms with van der Waals surface area (Å²) in [5, 5.41) is 0.258. The summed E-state index contributed by atoms with van der Waals surface area (Å²) in [6.45, 7) is 6.75. The van der Waals surface area contributed by atoms with E-state index in [0.29, 0.717) is 31.8 Å². The molecule has 1 aromatic carbocycles. The molecule has 0 spiro atoms. The molecule has 1 saturated heterocycles. The monoisotopic (exact) mass is 363 g/mol. The number of hydrogen-bond donors (Lipinski definition) is 0. The van der Waals surface area contributed by atoms with Crippen LogP contribution in [0.15, 0.2) is 24.3 Å². The second-order valence-corrected chi connectivity index (χ2v) is 7.45. The summed E-state index contributed by atoms with van der Waals surface area (Å²) >= 11 is 6.19. The minimum absolute atomic E-state index is 0.0494. The number of carbonyl (C=O) groups excluding carboxylic acids is 1. The van der Waals surface area contributed by atoms with Crippen LogP contribution in [0.3, 0.4) is 0 Å². The quantitative estimate of drug-likeness (QED) is 0.805. The number of carbonyl (C=O) groups is 1. The molecule has 2 heterocycles. The zero-order chi connectivity index (χ0) is 18.0. The molecule has 1 aromatic heterocycles. The van der Waals surface area contributed by atoms with Crippen LogP contribution in [-0.4, -0.2) is 45.8 Å². The van der Waals surface area contributed by atoms with Crippen LogP contribution in [0.2, 0.25) is 5.15 Å². The van der Waals surface area contributed by atoms with Crippen molar-refractivity contribution in [2.75, 3.05) is 13.1 Å². The van der Waals surface area contributed by atoms with Crippen molar-refractivity contribution >= 4 is 28.7 Å². The lowest BCUT2D eigenvalue weighted by molar-refractivity contribution is 0.0123. The van der Waals surface area contributed by atoms with Gasteiger partial charge in [0.2, 0.25) is 0 Å². The maximum Gasteiger partial charge on any atom is 0.410 e. The first-order valence-corrected chi connectivity index (χ1v) is 8.76. The van der Waals surface area contributed by atoms with Gasteiger partial charge in [-0.3, -0.25) is 0 Å². The topological polar surface area (TPSA) is 64.5 Å². The Morgan fingerprint density at radius 3 is 2.36 bits per heavy atom. The molecule has 6 nitrogen and oxygen atoms in total. The van der Waals surface area contributed by atoms with E-state index >= 15 is 0 Å². The van der Waals surface area contributed by atoms with Gasteiger partial charge in [0, 0.05) is 25.9 Å². The summed E-state index contributed by atoms with van der Waals surface area (Å²) in [7, 11) is 0. The van der Waals surface area contributed by atoms with Crippen molar-refractivity contribution < 1.29 is 14.3 Å². The van der Waals surface area contributed by atoms with E-state index in [2.05, 4.69) is 9.97 Å². The molecular formula is C18H22ClN3O3. The van der Waals surface area contributed by atoms with Crippen molar-refractivity contribution in [3.05, 3.63) is 29.4 Å². The molecule has 1 aliphatic rings. The number of hydrogen-bond acceptors (Lipinski definition) is 5. The lowest BCUT2D eigenvalue weighted by Gasteiger charge is -2.33. The second kappa shape index (κ2) is 7.04.